The van der Waals surface area contributed by atoms with Crippen molar-refractivity contribution in [3.05, 3.63) is 91.7 Å². The minimum Gasteiger partial charge on any atom is -0.330 e. The lowest BCUT2D eigenvalue weighted by molar-refractivity contribution is 0.0974. The third-order valence-electron chi connectivity index (χ3n) is 5.48. The third kappa shape index (κ3) is 6.00. The molecule has 0 aliphatic heterocycles. The number of nitrogens with zero attached hydrogens (tertiary/aromatic N) is 4. The first-order chi connectivity index (χ1) is 17.0. The summed E-state index contributed by atoms with van der Waals surface area (Å²) >= 11 is 7.17. The van der Waals surface area contributed by atoms with Crippen LogP contribution in [0.25, 0.3) is 11.4 Å². The molecule has 0 unspecified atom stereocenters. The highest BCUT2D eigenvalue weighted by molar-refractivity contribution is 7.18. The number of carbonyl (C=O) groups is 2. The summed E-state index contributed by atoms with van der Waals surface area (Å²) in [6, 6.07) is 13.5. The van der Waals surface area contributed by atoms with Gasteiger partial charge in [-0.05, 0) is 55.8 Å². The number of aromatic nitrogens is 4. The Kier molecular flexibility index (Phi) is 8.02. The second-order valence-electron chi connectivity index (χ2n) is 7.96. The molecule has 8 nitrogen and oxygen atoms in total. The van der Waals surface area contributed by atoms with Crippen LogP contribution in [0.3, 0.4) is 0 Å². The Labute approximate surface area is 211 Å². The monoisotopic (exact) mass is 509 g/mol. The zero-order chi connectivity index (χ0) is 24.8. The van der Waals surface area contributed by atoms with Gasteiger partial charge in [-0.25, -0.2) is 4.68 Å². The molecular formula is C25H24ClN5O3S. The normalized spacial score (nSPS) is 11.0. The van der Waals surface area contributed by atoms with E-state index in [1.807, 2.05) is 0 Å². The van der Waals surface area contributed by atoms with E-state index in [-0.39, 0.29) is 23.5 Å². The average molecular weight is 510 g/mol. The molecule has 180 valence electrons. The molecule has 0 saturated carbocycles. The van der Waals surface area contributed by atoms with Crippen LogP contribution in [0.2, 0.25) is 4.34 Å². The van der Waals surface area contributed by atoms with Crippen LogP contribution in [0.15, 0.2) is 65.7 Å². The minimum absolute atomic E-state index is 0.00937. The number of ketones is 2. The van der Waals surface area contributed by atoms with Gasteiger partial charge >= 0.3 is 0 Å². The largest absolute Gasteiger partial charge is 0.330 e. The zero-order valence-corrected chi connectivity index (χ0v) is 20.5. The quantitative estimate of drug-likeness (QED) is 0.239. The predicted molar refractivity (Wildman–Crippen MR) is 136 cm³/mol. The molecular weight excluding hydrogens is 486 g/mol. The number of hydrogen-bond donors (Lipinski definition) is 1. The number of rotatable bonds is 11. The van der Waals surface area contributed by atoms with E-state index >= 15 is 0 Å². The van der Waals surface area contributed by atoms with E-state index in [0.717, 1.165) is 6.42 Å². The smallest absolute Gasteiger partial charge is 0.255 e. The van der Waals surface area contributed by atoms with Crippen molar-refractivity contribution in [1.29, 1.82) is 0 Å². The molecule has 0 atom stereocenters. The number of benzene rings is 1. The minimum atomic E-state index is -0.193. The van der Waals surface area contributed by atoms with Crippen LogP contribution >= 0.6 is 22.9 Å². The fraction of sp³-hybridized carbons (Fsp3) is 0.240. The molecule has 0 bridgehead atoms. The van der Waals surface area contributed by atoms with Crippen molar-refractivity contribution in [2.24, 2.45) is 5.73 Å². The van der Waals surface area contributed by atoms with Gasteiger partial charge in [0.2, 0.25) is 0 Å². The van der Waals surface area contributed by atoms with Gasteiger partial charge in [-0.3, -0.25) is 19.0 Å². The number of aryl methyl sites for hydroxylation is 1. The topological polar surface area (TPSA) is 113 Å². The van der Waals surface area contributed by atoms with Crippen LogP contribution in [0.1, 0.15) is 51.4 Å². The Morgan fingerprint density at radius 3 is 2.63 bits per heavy atom. The maximum atomic E-state index is 13.1. The molecule has 0 aliphatic carbocycles. The maximum absolute atomic E-state index is 13.1. The zero-order valence-electron chi connectivity index (χ0n) is 18.9. The third-order valence-corrected chi connectivity index (χ3v) is 6.76. The van der Waals surface area contributed by atoms with Crippen LogP contribution in [0.4, 0.5) is 0 Å². The molecule has 2 N–H and O–H groups in total. The number of thiophene rings is 1. The van der Waals surface area contributed by atoms with E-state index < -0.39 is 0 Å². The molecule has 0 radical (unpaired) electrons. The van der Waals surface area contributed by atoms with Crippen molar-refractivity contribution in [1.82, 2.24) is 19.6 Å². The number of halogens is 1. The summed E-state index contributed by atoms with van der Waals surface area (Å²) in [6.45, 7) is 0.516. The summed E-state index contributed by atoms with van der Waals surface area (Å²) in [6.07, 6.45) is 5.80. The van der Waals surface area contributed by atoms with Gasteiger partial charge in [0.1, 0.15) is 0 Å². The van der Waals surface area contributed by atoms with Crippen LogP contribution < -0.4 is 11.3 Å². The van der Waals surface area contributed by atoms with Crippen molar-refractivity contribution in [2.75, 3.05) is 6.54 Å². The van der Waals surface area contributed by atoms with Crippen molar-refractivity contribution in [3.63, 3.8) is 0 Å². The molecule has 0 spiro atoms. The number of pyridine rings is 1. The summed E-state index contributed by atoms with van der Waals surface area (Å²) in [7, 11) is 0. The van der Waals surface area contributed by atoms with Gasteiger partial charge in [0.25, 0.3) is 5.56 Å². The number of carbonyl (C=O) groups excluding carboxylic acids is 2. The van der Waals surface area contributed by atoms with Gasteiger partial charge in [0.15, 0.2) is 11.6 Å². The van der Waals surface area contributed by atoms with Crippen LogP contribution in [-0.2, 0) is 6.42 Å². The first kappa shape index (κ1) is 24.7. The fourth-order valence-corrected chi connectivity index (χ4v) is 4.67. The first-order valence-electron chi connectivity index (χ1n) is 11.2. The van der Waals surface area contributed by atoms with E-state index in [1.54, 1.807) is 54.9 Å². The molecule has 0 fully saturated rings. The van der Waals surface area contributed by atoms with Gasteiger partial charge in [-0.2, -0.15) is 0 Å². The number of hydrogen-bond acceptors (Lipinski definition) is 7. The summed E-state index contributed by atoms with van der Waals surface area (Å²) in [4.78, 5) is 38.4. The Balaban J connectivity index is 1.60. The summed E-state index contributed by atoms with van der Waals surface area (Å²) in [5.41, 5.74) is 7.60. The van der Waals surface area contributed by atoms with E-state index in [4.69, 9.17) is 17.3 Å². The molecule has 0 saturated heterocycles. The average Bonchev–Trinajstić information content (AvgIpc) is 3.52. The molecule has 3 aromatic heterocycles. The summed E-state index contributed by atoms with van der Waals surface area (Å²) in [5, 5.41) is 8.39. The lowest BCUT2D eigenvalue weighted by Crippen LogP contribution is -2.17. The van der Waals surface area contributed by atoms with Gasteiger partial charge in [-0.15, -0.1) is 16.4 Å². The molecule has 10 heteroatoms. The molecule has 4 aromatic rings. The summed E-state index contributed by atoms with van der Waals surface area (Å²) < 4.78 is 3.59. The van der Waals surface area contributed by atoms with Crippen molar-refractivity contribution >= 4 is 34.5 Å². The Morgan fingerprint density at radius 2 is 1.89 bits per heavy atom. The lowest BCUT2D eigenvalue weighted by atomic mass is 10.0. The lowest BCUT2D eigenvalue weighted by Gasteiger charge is -2.12. The highest BCUT2D eigenvalue weighted by Gasteiger charge is 2.17. The van der Waals surface area contributed by atoms with E-state index in [2.05, 4.69) is 10.3 Å². The second kappa shape index (κ2) is 11.4. The molecule has 1 aromatic carbocycles. The van der Waals surface area contributed by atoms with Crippen LogP contribution in [0.5, 0.6) is 0 Å². The van der Waals surface area contributed by atoms with Crippen LogP contribution in [0, 0.1) is 0 Å². The van der Waals surface area contributed by atoms with E-state index in [0.29, 0.717) is 57.7 Å². The molecule has 3 heterocycles. The molecule has 4 rings (SSSR count). The van der Waals surface area contributed by atoms with Gasteiger partial charge < -0.3 is 5.73 Å². The first-order valence-corrected chi connectivity index (χ1v) is 12.4. The predicted octanol–water partition coefficient (Wildman–Crippen LogP) is 4.26. The van der Waals surface area contributed by atoms with Crippen LogP contribution in [-0.4, -0.2) is 37.7 Å². The highest BCUT2D eigenvalue weighted by Crippen LogP contribution is 2.24. The van der Waals surface area contributed by atoms with Crippen molar-refractivity contribution < 1.29 is 9.59 Å². The number of nitrogens with two attached hydrogens (primary N) is 1. The Hall–Kier alpha value is -3.40. The Morgan fingerprint density at radius 1 is 1.03 bits per heavy atom. The van der Waals surface area contributed by atoms with Gasteiger partial charge in [0.05, 0.1) is 26.8 Å². The second-order valence-corrected chi connectivity index (χ2v) is 9.68. The highest BCUT2D eigenvalue weighted by atomic mass is 35.5. The Bertz CT molecular complexity index is 1410. The molecule has 35 heavy (non-hydrogen) atoms. The fourth-order valence-electron chi connectivity index (χ4n) is 3.66. The number of unbranched alkanes of at least 4 members (excludes halogenated alkanes) is 1. The van der Waals surface area contributed by atoms with E-state index in [9.17, 15) is 14.4 Å². The SMILES string of the molecule is NCCCCC(=O)c1cc(-n2ccccc2=O)ccc1-n1cc(CCC(=O)c2ccc(Cl)s2)nn1. The molecule has 0 amide bonds. The van der Waals surface area contributed by atoms with Gasteiger partial charge in [-0.1, -0.05) is 22.9 Å². The van der Waals surface area contributed by atoms with Crippen molar-refractivity contribution in [3.8, 4) is 11.4 Å². The van der Waals surface area contributed by atoms with Gasteiger partial charge in [0, 0.05) is 42.8 Å². The maximum Gasteiger partial charge on any atom is 0.255 e. The standard InChI is InChI=1S/C25H24ClN5O3S/c26-24-12-11-23(35-24)22(33)10-7-17-16-31(29-28-17)20-9-8-18(30-14-4-2-6-25(30)34)15-19(20)21(32)5-1-3-13-27/h2,4,6,8-9,11-12,14-16H,1,3,5,7,10,13,27H2. The van der Waals surface area contributed by atoms with Crippen molar-refractivity contribution in [2.45, 2.75) is 32.1 Å². The van der Waals surface area contributed by atoms with E-state index in [1.165, 1.54) is 26.7 Å². The molecule has 0 aliphatic rings. The number of Topliss-reactive ketones (excluding diaryl/α,β-unsaturated/α-hetero) is 2. The summed E-state index contributed by atoms with van der Waals surface area (Å²) in [5.74, 6) is -0.0778.